The number of nitrogens with zero attached hydrogens (tertiary/aromatic N) is 2. The van der Waals surface area contributed by atoms with Crippen molar-refractivity contribution in [3.05, 3.63) is 61.2 Å². The molecule has 3 amide bonds. The van der Waals surface area contributed by atoms with E-state index < -0.39 is 41.6 Å². The van der Waals surface area contributed by atoms with Crippen molar-refractivity contribution in [1.29, 1.82) is 0 Å². The first-order chi connectivity index (χ1) is 20.3. The van der Waals surface area contributed by atoms with Crippen LogP contribution in [0.2, 0.25) is 0 Å². The molecule has 10 heteroatoms. The van der Waals surface area contributed by atoms with E-state index in [0.29, 0.717) is 32.4 Å². The summed E-state index contributed by atoms with van der Waals surface area (Å²) in [5, 5.41) is 12.9. The van der Waals surface area contributed by atoms with Crippen LogP contribution in [0.15, 0.2) is 55.6 Å². The van der Waals surface area contributed by atoms with E-state index in [1.54, 1.807) is 17.1 Å². The fraction of sp³-hybridized carbons (Fsp3) is 0.562. The van der Waals surface area contributed by atoms with Crippen LogP contribution in [0.1, 0.15) is 57.1 Å². The molecule has 0 radical (unpaired) electrons. The van der Waals surface area contributed by atoms with Gasteiger partial charge in [0.2, 0.25) is 17.7 Å². The lowest BCUT2D eigenvalue weighted by Crippen LogP contribution is -2.56. The standard InChI is InChI=1S/C32H43N3O7/c1-4-7-14-25(37)41-21-23(22-12-10-9-11-13-22)33-29(38)26-24-15-16-32(42-24)27(26)30(39)35(19-20-36)28(32)31(40)34(17-6-3)18-8-5-2/h4,6,9-13,23-24,26-28,36H,1,3,5,7-8,14-21H2,2H3,(H,33,38)/t23-,24-,26+,27+,28-,32+/m0/s1. The molecule has 42 heavy (non-hydrogen) atoms. The molecule has 1 spiro atoms. The van der Waals surface area contributed by atoms with Crippen LogP contribution in [0.3, 0.4) is 0 Å². The summed E-state index contributed by atoms with van der Waals surface area (Å²) in [4.78, 5) is 57.3. The number of rotatable bonds is 16. The van der Waals surface area contributed by atoms with Gasteiger partial charge in [-0.3, -0.25) is 19.2 Å². The van der Waals surface area contributed by atoms with E-state index >= 15 is 0 Å². The lowest BCUT2D eigenvalue weighted by molar-refractivity contribution is -0.148. The Morgan fingerprint density at radius 3 is 2.69 bits per heavy atom. The third-order valence-electron chi connectivity index (χ3n) is 8.60. The number of aliphatic hydroxyl groups excluding tert-OH is 1. The van der Waals surface area contributed by atoms with Gasteiger partial charge in [0.15, 0.2) is 0 Å². The van der Waals surface area contributed by atoms with Gasteiger partial charge in [0.05, 0.1) is 30.6 Å². The third kappa shape index (κ3) is 6.15. The molecule has 228 valence electrons. The Morgan fingerprint density at radius 1 is 1.26 bits per heavy atom. The van der Waals surface area contributed by atoms with Gasteiger partial charge in [0, 0.05) is 26.1 Å². The Labute approximate surface area is 247 Å². The number of hydrogen-bond acceptors (Lipinski definition) is 7. The lowest BCUT2D eigenvalue weighted by atomic mass is 9.70. The molecule has 0 saturated carbocycles. The maximum absolute atomic E-state index is 14.0. The zero-order valence-electron chi connectivity index (χ0n) is 24.4. The number of carbonyl (C=O) groups excluding carboxylic acids is 4. The van der Waals surface area contributed by atoms with Crippen LogP contribution in [0.4, 0.5) is 0 Å². The molecule has 0 aliphatic carbocycles. The summed E-state index contributed by atoms with van der Waals surface area (Å²) >= 11 is 0. The van der Waals surface area contributed by atoms with E-state index in [4.69, 9.17) is 9.47 Å². The van der Waals surface area contributed by atoms with Gasteiger partial charge in [-0.15, -0.1) is 13.2 Å². The Balaban J connectivity index is 1.60. The summed E-state index contributed by atoms with van der Waals surface area (Å²) in [7, 11) is 0. The van der Waals surface area contributed by atoms with E-state index in [9.17, 15) is 24.3 Å². The molecule has 4 rings (SSSR count). The number of allylic oxidation sites excluding steroid dienone is 1. The number of unbranched alkanes of at least 4 members (excludes halogenated alkanes) is 1. The summed E-state index contributed by atoms with van der Waals surface area (Å²) in [6.07, 6.45) is 6.13. The average Bonchev–Trinajstić information content (AvgIpc) is 3.64. The first kappa shape index (κ1) is 31.4. The summed E-state index contributed by atoms with van der Waals surface area (Å²) < 4.78 is 12.0. The van der Waals surface area contributed by atoms with Gasteiger partial charge >= 0.3 is 5.97 Å². The summed E-state index contributed by atoms with van der Waals surface area (Å²) in [5.41, 5.74) is -0.397. The zero-order chi connectivity index (χ0) is 30.3. The number of β-amino-alcohol motifs (C(OH)–C–C–N with tert-alkyl or cyclic N) is 1. The highest BCUT2D eigenvalue weighted by atomic mass is 16.5. The van der Waals surface area contributed by atoms with Crippen molar-refractivity contribution in [2.75, 3.05) is 32.8 Å². The minimum Gasteiger partial charge on any atom is -0.463 e. The van der Waals surface area contributed by atoms with Crippen LogP contribution in [0.25, 0.3) is 0 Å². The van der Waals surface area contributed by atoms with Crippen LogP contribution in [-0.2, 0) is 28.7 Å². The second-order valence-corrected chi connectivity index (χ2v) is 11.2. The molecule has 0 aromatic heterocycles. The normalized spacial score (nSPS) is 26.4. The maximum atomic E-state index is 14.0. The van der Waals surface area contributed by atoms with Gasteiger partial charge < -0.3 is 29.7 Å². The van der Waals surface area contributed by atoms with Crippen LogP contribution in [0.5, 0.6) is 0 Å². The number of hydrogen-bond donors (Lipinski definition) is 2. The SMILES string of the molecule is C=CCCC(=O)OC[C@H](NC(=O)[C@@H]1[C@@H]2CC[C@]3(O2)[C@H](C(=O)N(CC=C)CCCC)N(CCO)C(=O)[C@@H]13)c1ccccc1. The number of benzene rings is 1. The van der Waals surface area contributed by atoms with Crippen molar-refractivity contribution in [3.8, 4) is 0 Å². The van der Waals surface area contributed by atoms with Gasteiger partial charge in [0.25, 0.3) is 0 Å². The molecular weight excluding hydrogens is 538 g/mol. The predicted octanol–water partition coefficient (Wildman–Crippen LogP) is 2.53. The van der Waals surface area contributed by atoms with E-state index in [-0.39, 0.29) is 43.9 Å². The summed E-state index contributed by atoms with van der Waals surface area (Å²) in [6, 6.07) is 7.63. The number of ether oxygens (including phenoxy) is 2. The van der Waals surface area contributed by atoms with Crippen molar-refractivity contribution in [2.24, 2.45) is 11.8 Å². The van der Waals surface area contributed by atoms with Crippen LogP contribution >= 0.6 is 0 Å². The second-order valence-electron chi connectivity index (χ2n) is 11.2. The minimum absolute atomic E-state index is 0.0289. The Bertz CT molecular complexity index is 1160. The number of aliphatic hydroxyl groups is 1. The Kier molecular flexibility index (Phi) is 10.6. The number of likely N-dealkylation sites (tertiary alicyclic amines) is 1. The molecule has 6 atom stereocenters. The van der Waals surface area contributed by atoms with E-state index in [0.717, 1.165) is 18.4 Å². The first-order valence-electron chi connectivity index (χ1n) is 14.9. The fourth-order valence-electron chi connectivity index (χ4n) is 6.69. The molecule has 2 N–H and O–H groups in total. The van der Waals surface area contributed by atoms with Crippen molar-refractivity contribution < 1.29 is 33.8 Å². The molecule has 1 aromatic rings. The Hall–Kier alpha value is -3.50. The van der Waals surface area contributed by atoms with Gasteiger partial charge in [-0.2, -0.15) is 0 Å². The number of nitrogens with one attached hydrogen (secondary N) is 1. The molecule has 3 aliphatic rings. The van der Waals surface area contributed by atoms with Crippen LogP contribution in [-0.4, -0.2) is 89.2 Å². The molecule has 10 nitrogen and oxygen atoms in total. The molecule has 3 aliphatic heterocycles. The summed E-state index contributed by atoms with van der Waals surface area (Å²) in [5.74, 6) is -3.07. The molecule has 1 aromatic carbocycles. The van der Waals surface area contributed by atoms with Crippen molar-refractivity contribution >= 4 is 23.7 Å². The van der Waals surface area contributed by atoms with Crippen molar-refractivity contribution in [3.63, 3.8) is 0 Å². The summed E-state index contributed by atoms with van der Waals surface area (Å²) in [6.45, 7) is 9.88. The number of carbonyl (C=O) groups is 4. The van der Waals surface area contributed by atoms with Crippen LogP contribution < -0.4 is 5.32 Å². The van der Waals surface area contributed by atoms with E-state index in [1.807, 2.05) is 37.3 Å². The van der Waals surface area contributed by atoms with E-state index in [1.165, 1.54) is 4.90 Å². The quantitative estimate of drug-likeness (QED) is 0.227. The second kappa shape index (κ2) is 14.1. The molecule has 3 heterocycles. The topological polar surface area (TPSA) is 125 Å². The predicted molar refractivity (Wildman–Crippen MR) is 156 cm³/mol. The first-order valence-corrected chi connectivity index (χ1v) is 14.9. The molecular formula is C32H43N3O7. The number of amides is 3. The zero-order valence-corrected chi connectivity index (χ0v) is 24.4. The minimum atomic E-state index is -1.15. The maximum Gasteiger partial charge on any atom is 0.306 e. The number of esters is 1. The largest absolute Gasteiger partial charge is 0.463 e. The van der Waals surface area contributed by atoms with Crippen molar-refractivity contribution in [1.82, 2.24) is 15.1 Å². The molecule has 3 fully saturated rings. The van der Waals surface area contributed by atoms with Gasteiger partial charge in [0.1, 0.15) is 18.2 Å². The number of fused-ring (bicyclic) bond motifs is 1. The van der Waals surface area contributed by atoms with Crippen molar-refractivity contribution in [2.45, 2.75) is 69.2 Å². The molecule has 0 unspecified atom stereocenters. The van der Waals surface area contributed by atoms with Gasteiger partial charge in [-0.1, -0.05) is 55.8 Å². The highest BCUT2D eigenvalue weighted by Crippen LogP contribution is 2.58. The molecule has 2 bridgehead atoms. The fourth-order valence-corrected chi connectivity index (χ4v) is 6.69. The van der Waals surface area contributed by atoms with Gasteiger partial charge in [-0.25, -0.2) is 0 Å². The monoisotopic (exact) mass is 581 g/mol. The average molecular weight is 582 g/mol. The van der Waals surface area contributed by atoms with Gasteiger partial charge in [-0.05, 0) is 31.2 Å². The van der Waals surface area contributed by atoms with Crippen LogP contribution in [0, 0.1) is 11.8 Å². The highest BCUT2D eigenvalue weighted by molar-refractivity contribution is 5.99. The lowest BCUT2D eigenvalue weighted by Gasteiger charge is -2.36. The third-order valence-corrected chi connectivity index (χ3v) is 8.60. The Morgan fingerprint density at radius 2 is 2.02 bits per heavy atom. The molecule has 3 saturated heterocycles. The van der Waals surface area contributed by atoms with E-state index in [2.05, 4.69) is 18.5 Å². The smallest absolute Gasteiger partial charge is 0.306 e. The highest BCUT2D eigenvalue weighted by Gasteiger charge is 2.74.